The van der Waals surface area contributed by atoms with E-state index in [0.717, 1.165) is 24.8 Å². The number of amides is 1. The molecule has 120 valence electrons. The molecule has 0 aliphatic carbocycles. The van der Waals surface area contributed by atoms with E-state index >= 15 is 0 Å². The number of benzene rings is 1. The van der Waals surface area contributed by atoms with Crippen molar-refractivity contribution in [1.82, 2.24) is 5.32 Å². The Morgan fingerprint density at radius 3 is 2.59 bits per heavy atom. The Kier molecular flexibility index (Phi) is 9.00. The van der Waals surface area contributed by atoms with Crippen LogP contribution in [0, 0.1) is 0 Å². The minimum atomic E-state index is -0.155. The molecule has 1 N–H and O–H groups in total. The van der Waals surface area contributed by atoms with Crippen LogP contribution in [0.25, 0.3) is 6.08 Å². The molecule has 0 unspecified atom stereocenters. The largest absolute Gasteiger partial charge is 0.466 e. The molecule has 1 aromatic rings. The van der Waals surface area contributed by atoms with Crippen LogP contribution in [0.5, 0.6) is 0 Å². The van der Waals surface area contributed by atoms with Crippen LogP contribution in [0.4, 0.5) is 0 Å². The van der Waals surface area contributed by atoms with E-state index in [1.54, 1.807) is 25.1 Å². The molecule has 0 saturated carbocycles. The van der Waals surface area contributed by atoms with Gasteiger partial charge in [0.2, 0.25) is 5.91 Å². The summed E-state index contributed by atoms with van der Waals surface area (Å²) in [6, 6.07) is 7.26. The third-order valence-corrected chi connectivity index (χ3v) is 3.21. The van der Waals surface area contributed by atoms with E-state index < -0.39 is 0 Å². The zero-order chi connectivity index (χ0) is 16.2. The fraction of sp³-hybridized carbons (Fsp3) is 0.412. The van der Waals surface area contributed by atoms with Gasteiger partial charge in [-0.1, -0.05) is 30.2 Å². The van der Waals surface area contributed by atoms with Crippen molar-refractivity contribution in [3.8, 4) is 0 Å². The molecule has 0 aliphatic rings. The lowest BCUT2D eigenvalue weighted by Gasteiger charge is -2.03. The van der Waals surface area contributed by atoms with E-state index in [4.69, 9.17) is 16.3 Å². The number of halogens is 1. The second-order valence-electron chi connectivity index (χ2n) is 4.79. The first-order valence-corrected chi connectivity index (χ1v) is 7.86. The highest BCUT2D eigenvalue weighted by Crippen LogP contribution is 2.10. The van der Waals surface area contributed by atoms with Crippen molar-refractivity contribution < 1.29 is 14.3 Å². The van der Waals surface area contributed by atoms with Crippen LogP contribution in [0.15, 0.2) is 30.3 Å². The maximum absolute atomic E-state index is 11.6. The smallest absolute Gasteiger partial charge is 0.305 e. The van der Waals surface area contributed by atoms with Gasteiger partial charge in [0.15, 0.2) is 0 Å². The second-order valence-corrected chi connectivity index (χ2v) is 5.23. The van der Waals surface area contributed by atoms with Gasteiger partial charge in [-0.25, -0.2) is 0 Å². The standard InChI is InChI=1S/C17H22ClNO3/c1-2-22-17(21)6-4-3-5-13-19-16(20)12-9-14-7-10-15(18)11-8-14/h7-12H,2-6,13H2,1H3,(H,19,20)/b12-9+. The van der Waals surface area contributed by atoms with E-state index in [0.29, 0.717) is 24.6 Å². The van der Waals surface area contributed by atoms with Gasteiger partial charge in [0.1, 0.15) is 0 Å². The third kappa shape index (κ3) is 8.47. The lowest BCUT2D eigenvalue weighted by atomic mass is 10.2. The molecule has 0 atom stereocenters. The lowest BCUT2D eigenvalue weighted by Crippen LogP contribution is -2.22. The molecule has 4 nitrogen and oxygen atoms in total. The van der Waals surface area contributed by atoms with E-state index in [1.807, 2.05) is 12.1 Å². The third-order valence-electron chi connectivity index (χ3n) is 2.96. The maximum Gasteiger partial charge on any atom is 0.305 e. The summed E-state index contributed by atoms with van der Waals surface area (Å²) in [5, 5.41) is 3.48. The van der Waals surface area contributed by atoms with Crippen molar-refractivity contribution in [3.63, 3.8) is 0 Å². The van der Waals surface area contributed by atoms with Gasteiger partial charge in [0.25, 0.3) is 0 Å². The van der Waals surface area contributed by atoms with Gasteiger partial charge in [-0.3, -0.25) is 9.59 Å². The molecule has 0 saturated heterocycles. The minimum absolute atomic E-state index is 0.125. The summed E-state index contributed by atoms with van der Waals surface area (Å²) < 4.78 is 4.84. The first-order chi connectivity index (χ1) is 10.6. The summed E-state index contributed by atoms with van der Waals surface area (Å²) >= 11 is 5.79. The van der Waals surface area contributed by atoms with Gasteiger partial charge in [-0.15, -0.1) is 0 Å². The fourth-order valence-corrected chi connectivity index (χ4v) is 1.95. The molecule has 0 aliphatic heterocycles. The number of carbonyl (C=O) groups is 2. The monoisotopic (exact) mass is 323 g/mol. The second kappa shape index (κ2) is 10.9. The average molecular weight is 324 g/mol. The van der Waals surface area contributed by atoms with Crippen LogP contribution in [0.3, 0.4) is 0 Å². The van der Waals surface area contributed by atoms with Gasteiger partial charge < -0.3 is 10.1 Å². The molecule has 0 bridgehead atoms. The molecule has 0 aromatic heterocycles. The van der Waals surface area contributed by atoms with Crippen molar-refractivity contribution in [3.05, 3.63) is 40.9 Å². The topological polar surface area (TPSA) is 55.4 Å². The van der Waals surface area contributed by atoms with Crippen LogP contribution in [0.1, 0.15) is 38.2 Å². The zero-order valence-corrected chi connectivity index (χ0v) is 13.6. The highest BCUT2D eigenvalue weighted by molar-refractivity contribution is 6.30. The van der Waals surface area contributed by atoms with E-state index in [9.17, 15) is 9.59 Å². The molecule has 0 heterocycles. The van der Waals surface area contributed by atoms with Gasteiger partial charge in [0.05, 0.1) is 6.61 Å². The average Bonchev–Trinajstić information content (AvgIpc) is 2.50. The van der Waals surface area contributed by atoms with Crippen LogP contribution >= 0.6 is 11.6 Å². The normalized spacial score (nSPS) is 10.6. The SMILES string of the molecule is CCOC(=O)CCCCCNC(=O)/C=C/c1ccc(Cl)cc1. The number of rotatable bonds is 9. The van der Waals surface area contributed by atoms with Gasteiger partial charge >= 0.3 is 5.97 Å². The Bertz CT molecular complexity index is 497. The molecule has 0 spiro atoms. The van der Waals surface area contributed by atoms with Crippen LogP contribution < -0.4 is 5.32 Å². The van der Waals surface area contributed by atoms with Gasteiger partial charge in [-0.05, 0) is 43.5 Å². The summed E-state index contributed by atoms with van der Waals surface area (Å²) in [5.74, 6) is -0.280. The molecule has 1 amide bonds. The molecule has 22 heavy (non-hydrogen) atoms. The van der Waals surface area contributed by atoms with Crippen molar-refractivity contribution in [2.24, 2.45) is 0 Å². The van der Waals surface area contributed by atoms with Crippen molar-refractivity contribution in [1.29, 1.82) is 0 Å². The van der Waals surface area contributed by atoms with E-state index in [1.165, 1.54) is 6.08 Å². The predicted molar refractivity (Wildman–Crippen MR) is 88.6 cm³/mol. The molecular formula is C17H22ClNO3. The number of unbranched alkanes of at least 4 members (excludes halogenated alkanes) is 2. The highest BCUT2D eigenvalue weighted by atomic mass is 35.5. The first-order valence-electron chi connectivity index (χ1n) is 7.49. The Hall–Kier alpha value is -1.81. The van der Waals surface area contributed by atoms with Gasteiger partial charge in [-0.2, -0.15) is 0 Å². The fourth-order valence-electron chi connectivity index (χ4n) is 1.82. The molecule has 0 fully saturated rings. The van der Waals surface area contributed by atoms with Crippen molar-refractivity contribution in [2.75, 3.05) is 13.2 Å². The highest BCUT2D eigenvalue weighted by Gasteiger charge is 2.01. The zero-order valence-electron chi connectivity index (χ0n) is 12.8. The Morgan fingerprint density at radius 2 is 1.91 bits per heavy atom. The first kappa shape index (κ1) is 18.2. The Labute approximate surface area is 136 Å². The Balaban J connectivity index is 2.11. The Morgan fingerprint density at radius 1 is 1.18 bits per heavy atom. The van der Waals surface area contributed by atoms with Crippen LogP contribution in [-0.2, 0) is 14.3 Å². The van der Waals surface area contributed by atoms with Crippen molar-refractivity contribution in [2.45, 2.75) is 32.6 Å². The summed E-state index contributed by atoms with van der Waals surface area (Å²) in [6.45, 7) is 2.83. The molecule has 1 rings (SSSR count). The molecular weight excluding hydrogens is 302 g/mol. The number of ether oxygens (including phenoxy) is 1. The molecule has 1 aromatic carbocycles. The summed E-state index contributed by atoms with van der Waals surface area (Å²) in [7, 11) is 0. The summed E-state index contributed by atoms with van der Waals surface area (Å²) in [4.78, 5) is 22.7. The van der Waals surface area contributed by atoms with E-state index in [2.05, 4.69) is 5.32 Å². The number of hydrogen-bond donors (Lipinski definition) is 1. The van der Waals surface area contributed by atoms with Crippen LogP contribution in [-0.4, -0.2) is 25.0 Å². The maximum atomic E-state index is 11.6. The quantitative estimate of drug-likeness (QED) is 0.429. The number of nitrogens with one attached hydrogen (secondary N) is 1. The van der Waals surface area contributed by atoms with Gasteiger partial charge in [0, 0.05) is 24.1 Å². The number of carbonyl (C=O) groups excluding carboxylic acids is 2. The molecule has 5 heteroatoms. The predicted octanol–water partition coefficient (Wildman–Crippen LogP) is 3.59. The van der Waals surface area contributed by atoms with Crippen LogP contribution in [0.2, 0.25) is 5.02 Å². The summed E-state index contributed by atoms with van der Waals surface area (Å²) in [6.07, 6.45) is 6.21. The van der Waals surface area contributed by atoms with E-state index in [-0.39, 0.29) is 11.9 Å². The number of hydrogen-bond acceptors (Lipinski definition) is 3. The summed E-state index contributed by atoms with van der Waals surface area (Å²) in [5.41, 5.74) is 0.925. The van der Waals surface area contributed by atoms with Crippen molar-refractivity contribution >= 4 is 29.6 Å². The molecule has 0 radical (unpaired) electrons. The number of esters is 1. The minimum Gasteiger partial charge on any atom is -0.466 e. The lowest BCUT2D eigenvalue weighted by molar-refractivity contribution is -0.143.